The monoisotopic (exact) mass is 463 g/mol. The number of rotatable bonds is 4. The fourth-order valence-electron chi connectivity index (χ4n) is 3.87. The predicted molar refractivity (Wildman–Crippen MR) is 118 cm³/mol. The topological polar surface area (TPSA) is 95.1 Å². The highest BCUT2D eigenvalue weighted by molar-refractivity contribution is 7.93. The Bertz CT molecular complexity index is 1170. The van der Waals surface area contributed by atoms with Crippen LogP contribution in [-0.2, 0) is 20.0 Å². The van der Waals surface area contributed by atoms with Crippen molar-refractivity contribution in [3.05, 3.63) is 59.7 Å². The first-order valence-corrected chi connectivity index (χ1v) is 13.2. The molecule has 0 unspecified atom stereocenters. The second-order valence-electron chi connectivity index (χ2n) is 7.80. The normalized spacial score (nSPS) is 19.5. The lowest BCUT2D eigenvalue weighted by Gasteiger charge is -2.34. The second-order valence-corrected chi connectivity index (χ2v) is 11.7. The molecule has 2 aromatic rings. The first-order chi connectivity index (χ1) is 14.7. The molecule has 0 bridgehead atoms. The van der Waals surface area contributed by atoms with Gasteiger partial charge in [0, 0.05) is 38.3 Å². The fraction of sp³-hybridized carbons (Fsp3) is 0.381. The summed E-state index contributed by atoms with van der Waals surface area (Å²) in [6, 6.07) is 13.3. The highest BCUT2D eigenvalue weighted by atomic mass is 32.2. The van der Waals surface area contributed by atoms with Crippen LogP contribution in [0.15, 0.2) is 53.4 Å². The van der Waals surface area contributed by atoms with E-state index in [9.17, 15) is 21.6 Å². The van der Waals surface area contributed by atoms with E-state index in [-0.39, 0.29) is 29.6 Å². The van der Waals surface area contributed by atoms with Crippen LogP contribution in [0.1, 0.15) is 22.3 Å². The number of piperazine rings is 1. The van der Waals surface area contributed by atoms with Gasteiger partial charge in [-0.2, -0.15) is 4.31 Å². The van der Waals surface area contributed by atoms with Gasteiger partial charge in [-0.05, 0) is 49.7 Å². The van der Waals surface area contributed by atoms with Gasteiger partial charge in [-0.3, -0.25) is 9.10 Å². The Morgan fingerprint density at radius 2 is 1.48 bits per heavy atom. The minimum atomic E-state index is -3.59. The van der Waals surface area contributed by atoms with Crippen molar-refractivity contribution in [2.24, 2.45) is 0 Å². The first kappa shape index (κ1) is 21.8. The molecule has 2 heterocycles. The lowest BCUT2D eigenvalue weighted by molar-refractivity contribution is 0.0698. The average molecular weight is 464 g/mol. The van der Waals surface area contributed by atoms with Crippen LogP contribution < -0.4 is 4.31 Å². The van der Waals surface area contributed by atoms with Crippen LogP contribution >= 0.6 is 0 Å². The zero-order valence-corrected chi connectivity index (χ0v) is 18.9. The number of anilines is 1. The summed E-state index contributed by atoms with van der Waals surface area (Å²) < 4.78 is 52.5. The molecule has 10 heteroatoms. The number of aryl methyl sites for hydroxylation is 1. The molecular formula is C21H25N3O5S2. The van der Waals surface area contributed by atoms with Crippen molar-refractivity contribution < 1.29 is 21.6 Å². The lowest BCUT2D eigenvalue weighted by atomic mass is 10.1. The van der Waals surface area contributed by atoms with E-state index in [1.807, 2.05) is 6.92 Å². The van der Waals surface area contributed by atoms with Crippen molar-refractivity contribution in [3.63, 3.8) is 0 Å². The quantitative estimate of drug-likeness (QED) is 0.688. The summed E-state index contributed by atoms with van der Waals surface area (Å²) in [5, 5.41) is 0. The van der Waals surface area contributed by atoms with Gasteiger partial charge in [0.05, 0.1) is 16.3 Å². The maximum absolute atomic E-state index is 12.8. The van der Waals surface area contributed by atoms with E-state index in [0.29, 0.717) is 37.3 Å². The number of hydrogen-bond donors (Lipinski definition) is 0. The molecule has 166 valence electrons. The SMILES string of the molecule is Cc1ccc(S(=O)(=O)N2CCN(C(=O)c3ccc(N4CCCS4(=O)=O)cc3)CC2)cc1. The van der Waals surface area contributed by atoms with Crippen LogP contribution in [0.5, 0.6) is 0 Å². The van der Waals surface area contributed by atoms with Crippen LogP contribution in [-0.4, -0.2) is 70.4 Å². The maximum Gasteiger partial charge on any atom is 0.253 e. The molecule has 2 aromatic carbocycles. The molecule has 0 atom stereocenters. The number of benzene rings is 2. The second kappa shape index (κ2) is 8.25. The van der Waals surface area contributed by atoms with E-state index >= 15 is 0 Å². The summed E-state index contributed by atoms with van der Waals surface area (Å²) in [7, 11) is -6.85. The van der Waals surface area contributed by atoms with Gasteiger partial charge in [-0.15, -0.1) is 0 Å². The van der Waals surface area contributed by atoms with E-state index in [4.69, 9.17) is 0 Å². The van der Waals surface area contributed by atoms with Gasteiger partial charge < -0.3 is 4.90 Å². The summed E-state index contributed by atoms with van der Waals surface area (Å²) in [4.78, 5) is 14.7. The highest BCUT2D eigenvalue weighted by Gasteiger charge is 2.31. The number of nitrogens with zero attached hydrogens (tertiary/aromatic N) is 3. The standard InChI is InChI=1S/C21H25N3O5S2/c1-17-3-9-20(10-4-17)31(28,29)23-14-12-22(13-15-23)21(25)18-5-7-19(8-6-18)24-11-2-16-30(24,26)27/h3-10H,2,11-16H2,1H3. The molecule has 0 spiro atoms. The van der Waals surface area contributed by atoms with Crippen LogP contribution in [0.2, 0.25) is 0 Å². The number of carbonyl (C=O) groups is 1. The summed E-state index contributed by atoms with van der Waals surface area (Å²) in [5.74, 6) is -0.0492. The summed E-state index contributed by atoms with van der Waals surface area (Å²) in [6.45, 7) is 3.40. The van der Waals surface area contributed by atoms with Crippen molar-refractivity contribution in [3.8, 4) is 0 Å². The molecule has 1 amide bonds. The summed E-state index contributed by atoms with van der Waals surface area (Å²) in [5.41, 5.74) is 2.00. The molecule has 0 saturated carbocycles. The Morgan fingerprint density at radius 3 is 2.03 bits per heavy atom. The molecular weight excluding hydrogens is 438 g/mol. The molecule has 0 radical (unpaired) electrons. The molecule has 31 heavy (non-hydrogen) atoms. The Morgan fingerprint density at radius 1 is 0.871 bits per heavy atom. The molecule has 2 aliphatic rings. The van der Waals surface area contributed by atoms with Gasteiger partial charge in [0.1, 0.15) is 0 Å². The van der Waals surface area contributed by atoms with E-state index in [1.54, 1.807) is 53.4 Å². The number of amides is 1. The van der Waals surface area contributed by atoms with Gasteiger partial charge >= 0.3 is 0 Å². The smallest absolute Gasteiger partial charge is 0.253 e. The molecule has 2 saturated heterocycles. The predicted octanol–water partition coefficient (Wildman–Crippen LogP) is 1.68. The van der Waals surface area contributed by atoms with Crippen molar-refractivity contribution in [2.45, 2.75) is 18.2 Å². The molecule has 8 nitrogen and oxygen atoms in total. The van der Waals surface area contributed by atoms with E-state index in [1.165, 1.54) is 8.61 Å². The Labute approximate surface area is 183 Å². The number of hydrogen-bond acceptors (Lipinski definition) is 5. The van der Waals surface area contributed by atoms with Gasteiger partial charge in [-0.1, -0.05) is 17.7 Å². The molecule has 0 aromatic heterocycles. The molecule has 4 rings (SSSR count). The van der Waals surface area contributed by atoms with Crippen LogP contribution in [0.3, 0.4) is 0 Å². The van der Waals surface area contributed by atoms with Crippen LogP contribution in [0.25, 0.3) is 0 Å². The van der Waals surface area contributed by atoms with Gasteiger partial charge in [-0.25, -0.2) is 16.8 Å². The van der Waals surface area contributed by atoms with Gasteiger partial charge in [0.2, 0.25) is 20.0 Å². The van der Waals surface area contributed by atoms with Gasteiger partial charge in [0.15, 0.2) is 0 Å². The zero-order valence-electron chi connectivity index (χ0n) is 17.3. The van der Waals surface area contributed by atoms with Crippen LogP contribution in [0, 0.1) is 6.92 Å². The summed E-state index contributed by atoms with van der Waals surface area (Å²) >= 11 is 0. The molecule has 2 fully saturated rings. The molecule has 0 aliphatic carbocycles. The number of carbonyl (C=O) groups excluding carboxylic acids is 1. The summed E-state index contributed by atoms with van der Waals surface area (Å²) in [6.07, 6.45) is 0.596. The molecule has 2 aliphatic heterocycles. The fourth-order valence-corrected chi connectivity index (χ4v) is 6.86. The third-order valence-electron chi connectivity index (χ3n) is 5.69. The largest absolute Gasteiger partial charge is 0.336 e. The van der Waals surface area contributed by atoms with E-state index in [2.05, 4.69) is 0 Å². The lowest BCUT2D eigenvalue weighted by Crippen LogP contribution is -2.50. The van der Waals surface area contributed by atoms with Crippen molar-refractivity contribution in [1.29, 1.82) is 0 Å². The third-order valence-corrected chi connectivity index (χ3v) is 9.47. The van der Waals surface area contributed by atoms with Crippen molar-refractivity contribution in [2.75, 3.05) is 42.8 Å². The first-order valence-electron chi connectivity index (χ1n) is 10.1. The van der Waals surface area contributed by atoms with Crippen molar-refractivity contribution in [1.82, 2.24) is 9.21 Å². The van der Waals surface area contributed by atoms with E-state index in [0.717, 1.165) is 5.56 Å². The number of sulfonamides is 2. The Balaban J connectivity index is 1.41. The minimum Gasteiger partial charge on any atom is -0.336 e. The zero-order chi connectivity index (χ0) is 22.2. The molecule has 0 N–H and O–H groups in total. The van der Waals surface area contributed by atoms with Crippen molar-refractivity contribution >= 4 is 31.6 Å². The average Bonchev–Trinajstić information content (AvgIpc) is 3.12. The Hall–Kier alpha value is -2.43. The van der Waals surface area contributed by atoms with Crippen LogP contribution in [0.4, 0.5) is 5.69 Å². The van der Waals surface area contributed by atoms with Gasteiger partial charge in [0.25, 0.3) is 5.91 Å². The Kier molecular flexibility index (Phi) is 5.80. The van der Waals surface area contributed by atoms with E-state index < -0.39 is 20.0 Å². The maximum atomic E-state index is 12.8. The highest BCUT2D eigenvalue weighted by Crippen LogP contribution is 2.25. The third kappa shape index (κ3) is 4.32. The minimum absolute atomic E-state index is 0.142.